The molecule has 0 saturated carbocycles. The predicted octanol–water partition coefficient (Wildman–Crippen LogP) is 0.138. The van der Waals surface area contributed by atoms with Gasteiger partial charge in [-0.3, -0.25) is 76.7 Å². The fraction of sp³-hybridized carbons (Fsp3) is 0.500. The van der Waals surface area contributed by atoms with E-state index in [0.717, 1.165) is 0 Å². The fourth-order valence-corrected chi connectivity index (χ4v) is 13.8. The summed E-state index contributed by atoms with van der Waals surface area (Å²) in [6, 6.07) is 2.44. The van der Waals surface area contributed by atoms with Crippen LogP contribution in [0.5, 0.6) is 0 Å². The number of nitrogens with zero attached hydrogens (tertiary/aromatic N) is 1. The molecule has 0 bridgehead atoms. The Bertz CT molecular complexity index is 4620. The van der Waals surface area contributed by atoms with Crippen LogP contribution in [0.25, 0.3) is 21.8 Å². The van der Waals surface area contributed by atoms with Crippen LogP contribution < -0.4 is 74.9 Å². The van der Waals surface area contributed by atoms with Gasteiger partial charge < -0.3 is 105 Å². The summed E-state index contributed by atoms with van der Waals surface area (Å²) in [5, 5.41) is 65.6. The molecular formula is C82H112N18O19. The highest BCUT2D eigenvalue weighted by Crippen LogP contribution is 2.28. The molecule has 3 aromatic heterocycles. The van der Waals surface area contributed by atoms with E-state index in [2.05, 4.69) is 89.1 Å². The third-order valence-electron chi connectivity index (χ3n) is 19.9. The van der Waals surface area contributed by atoms with Gasteiger partial charge in [-0.05, 0) is 97.1 Å². The number of amides is 14. The molecule has 0 aliphatic carbocycles. The number of H-pyrrole nitrogens is 3. The molecule has 4 heterocycles. The summed E-state index contributed by atoms with van der Waals surface area (Å²) in [5.74, 6) is -19.5. The van der Waals surface area contributed by atoms with Crippen molar-refractivity contribution in [2.75, 3.05) is 6.54 Å². The number of hydrogen-bond acceptors (Lipinski definition) is 18. The molecule has 1 aliphatic heterocycles. The minimum absolute atomic E-state index is 0.0131. The Morgan fingerprint density at radius 3 is 1.58 bits per heavy atom. The van der Waals surface area contributed by atoms with Crippen LogP contribution in [0.4, 0.5) is 0 Å². The number of imidazole rings is 1. The number of nitrogens with two attached hydrogens (primary N) is 1. The Balaban J connectivity index is 1.33. The van der Waals surface area contributed by atoms with Gasteiger partial charge in [0.25, 0.3) is 0 Å². The van der Waals surface area contributed by atoms with Gasteiger partial charge in [-0.15, -0.1) is 0 Å². The zero-order chi connectivity index (χ0) is 87.7. The van der Waals surface area contributed by atoms with E-state index < -0.39 is 230 Å². The van der Waals surface area contributed by atoms with Gasteiger partial charge in [0.1, 0.15) is 66.5 Å². The number of carboxylic acid groups (broad SMARTS) is 2. The third kappa shape index (κ3) is 28.9. The second-order valence-corrected chi connectivity index (χ2v) is 32.5. The topological polar surface area (TPSA) is 576 Å². The molecule has 7 rings (SSSR count). The summed E-state index contributed by atoms with van der Waals surface area (Å²) in [4.78, 5) is 242. The van der Waals surface area contributed by atoms with Crippen LogP contribution in [0, 0.1) is 29.1 Å². The van der Waals surface area contributed by atoms with Gasteiger partial charge >= 0.3 is 11.9 Å². The predicted molar refractivity (Wildman–Crippen MR) is 434 cm³/mol. The molecular weight excluding hydrogens is 1540 g/mol. The van der Waals surface area contributed by atoms with Gasteiger partial charge in [0.05, 0.1) is 37.5 Å². The number of aromatic nitrogens is 4. The van der Waals surface area contributed by atoms with Crippen molar-refractivity contribution in [3.63, 3.8) is 0 Å². The zero-order valence-corrected chi connectivity index (χ0v) is 68.6. The summed E-state index contributed by atoms with van der Waals surface area (Å²) >= 11 is 0. The largest absolute Gasteiger partial charge is 0.481 e. The Morgan fingerprint density at radius 2 is 1.05 bits per heavy atom. The number of aliphatic carboxylic acids is 2. The van der Waals surface area contributed by atoms with Crippen molar-refractivity contribution in [2.24, 2.45) is 34.8 Å². The second-order valence-electron chi connectivity index (χ2n) is 32.5. The molecule has 3 aromatic carbocycles. The molecule has 21 N–H and O–H groups in total. The number of carbonyl (C=O) groups excluding carboxylic acids is 14. The number of nitrogens with one attached hydrogen (secondary N) is 16. The van der Waals surface area contributed by atoms with Crippen LogP contribution >= 0.6 is 0 Å². The maximum atomic E-state index is 15.3. The lowest BCUT2D eigenvalue weighted by Crippen LogP contribution is -2.61. The standard InChI is InChI=1S/C82H112N18O19/c1-41(2)26-57-73(111)88-39-65(103)91-56(24-25-66(104)105)74(112)95-58(27-42(3)4)79(117)99-68(43(5)6)81(119)98-61(30-50-37-86-55-23-17-15-21-53(50)55)77(115)96-59(80(118)100-69(45(8)101)70(83)108)28-46-18-12-13-19-47(46)35-87-64(102)33-63(93-72(110)48(31-67(106)107)34-82(9,10)11)75(113)90-44(7)71(109)92-60(29-49-36-85-54-22-16-14-20-52(49)54)76(114)97-62(78(116)94-57)32-51-38-84-40-89-51/h12-23,36-38,40-45,48,56-63,68-69,85-86,101H,24-35,39H2,1-11H3,(H2,83,108)(H,84,89)(H,87,102)(H,88,111)(H,90,113)(H,91,103)(H,92,109)(H,93,110)(H,94,116)(H,95,112)(H,96,115)(H,97,114)(H,98,119)(H,99,117)(H,100,118)(H,104,105)(H,106,107)/t44-,45+,48+,56-,57-,58-,59-,60-,61-,62-,63-,68-,69-/m0/s1. The molecule has 37 heteroatoms. The minimum atomic E-state index is -1.85. The van der Waals surface area contributed by atoms with Crippen LogP contribution in [-0.4, -0.2) is 209 Å². The van der Waals surface area contributed by atoms with E-state index >= 15 is 14.4 Å². The summed E-state index contributed by atoms with van der Waals surface area (Å²) in [5.41, 5.74) is 8.05. The molecule has 0 spiro atoms. The van der Waals surface area contributed by atoms with Gasteiger partial charge in [0.2, 0.25) is 82.7 Å². The summed E-state index contributed by atoms with van der Waals surface area (Å²) in [6.45, 7) is 16.5. The van der Waals surface area contributed by atoms with E-state index in [9.17, 15) is 77.6 Å². The molecule has 644 valence electrons. The third-order valence-corrected chi connectivity index (χ3v) is 19.9. The normalized spacial score (nSPS) is 22.3. The number of rotatable bonds is 23. The summed E-state index contributed by atoms with van der Waals surface area (Å²) in [7, 11) is 0. The number of para-hydroxylation sites is 2. The van der Waals surface area contributed by atoms with E-state index in [1.807, 2.05) is 0 Å². The fourth-order valence-electron chi connectivity index (χ4n) is 13.8. The highest BCUT2D eigenvalue weighted by atomic mass is 16.4. The molecule has 0 unspecified atom stereocenters. The molecule has 0 saturated heterocycles. The van der Waals surface area contributed by atoms with Crippen LogP contribution in [0.15, 0.2) is 97.7 Å². The maximum absolute atomic E-state index is 15.3. The lowest BCUT2D eigenvalue weighted by atomic mass is 9.82. The van der Waals surface area contributed by atoms with Gasteiger partial charge in [-0.2, -0.15) is 0 Å². The van der Waals surface area contributed by atoms with Gasteiger partial charge in [0.15, 0.2) is 0 Å². The van der Waals surface area contributed by atoms with Gasteiger partial charge in [0, 0.05) is 85.0 Å². The molecule has 119 heavy (non-hydrogen) atoms. The number of primary amides is 1. The monoisotopic (exact) mass is 1650 g/mol. The van der Waals surface area contributed by atoms with Crippen molar-refractivity contribution in [1.82, 2.24) is 89.1 Å². The van der Waals surface area contributed by atoms with Crippen LogP contribution in [0.1, 0.15) is 149 Å². The first-order valence-corrected chi connectivity index (χ1v) is 39.6. The molecule has 37 nitrogen and oxygen atoms in total. The summed E-state index contributed by atoms with van der Waals surface area (Å²) < 4.78 is 0. The van der Waals surface area contributed by atoms with Crippen molar-refractivity contribution >= 4 is 116 Å². The van der Waals surface area contributed by atoms with E-state index in [1.54, 1.807) is 141 Å². The number of hydrogen-bond donors (Lipinski definition) is 20. The molecule has 6 aromatic rings. The van der Waals surface area contributed by atoms with Gasteiger partial charge in [-0.25, -0.2) is 4.98 Å². The highest BCUT2D eigenvalue weighted by Gasteiger charge is 2.40. The maximum Gasteiger partial charge on any atom is 0.304 e. The number of fused-ring (bicyclic) bond motifs is 3. The first-order chi connectivity index (χ1) is 56.1. The highest BCUT2D eigenvalue weighted by molar-refractivity contribution is 6.01. The average molecular weight is 1650 g/mol. The van der Waals surface area contributed by atoms with Crippen molar-refractivity contribution in [3.05, 3.63) is 126 Å². The Hall–Kier alpha value is -12.6. The lowest BCUT2D eigenvalue weighted by Gasteiger charge is -2.29. The number of aliphatic hydroxyl groups excluding tert-OH is 1. The van der Waals surface area contributed by atoms with Crippen molar-refractivity contribution in [2.45, 2.75) is 226 Å². The first-order valence-electron chi connectivity index (χ1n) is 39.6. The molecule has 0 radical (unpaired) electrons. The molecule has 0 fully saturated rings. The van der Waals surface area contributed by atoms with Gasteiger partial charge in [-0.1, -0.05) is 123 Å². The van der Waals surface area contributed by atoms with Crippen molar-refractivity contribution in [1.29, 1.82) is 0 Å². The molecule has 14 amide bonds. The minimum Gasteiger partial charge on any atom is -0.481 e. The summed E-state index contributed by atoms with van der Waals surface area (Å²) in [6.07, 6.45) is 0.0813. The number of aromatic amines is 3. The Labute approximate surface area is 687 Å². The lowest BCUT2D eigenvalue weighted by molar-refractivity contribution is -0.142. The average Bonchev–Trinajstić information content (AvgIpc) is 1.62. The van der Waals surface area contributed by atoms with Crippen LogP contribution in [0.2, 0.25) is 0 Å². The van der Waals surface area contributed by atoms with Crippen LogP contribution in [0.3, 0.4) is 0 Å². The first kappa shape index (κ1) is 93.6. The Morgan fingerprint density at radius 1 is 0.538 bits per heavy atom. The van der Waals surface area contributed by atoms with Crippen LogP contribution in [-0.2, 0) is 109 Å². The van der Waals surface area contributed by atoms with E-state index in [4.69, 9.17) is 5.73 Å². The van der Waals surface area contributed by atoms with E-state index in [-0.39, 0.29) is 67.2 Å². The number of benzene rings is 3. The SMILES string of the molecule is CC(C)C[C@@H]1NC(=O)[C@H](Cc2c[nH]cn2)NC(=O)[C@H](Cc2c[nH]c3ccccc23)NC(=O)[C@H](C)NC(=O)[C@@H](NC(=O)[C@H](CC(=O)O)CC(C)(C)C)CC(=O)NCc2ccccc2C[C@@H](C(=O)N[C@H](C(N)=O)[C@@H](C)O)NC(=O)[C@H](Cc2c[nH]c3ccccc23)NC(=O)[C@H](C(C)C)NC(=O)[C@H](CC(C)C)NC(=O)[C@H](CCC(=O)O)NC(=O)CNC1=O. The van der Waals surface area contributed by atoms with Crippen molar-refractivity contribution in [3.8, 4) is 0 Å². The quantitative estimate of drug-likeness (QED) is 0.0406. The molecule has 1 aliphatic rings. The Kier molecular flexibility index (Phi) is 34.3. The van der Waals surface area contributed by atoms with E-state index in [0.29, 0.717) is 32.9 Å². The number of carboxylic acids is 2. The van der Waals surface area contributed by atoms with E-state index in [1.165, 1.54) is 32.4 Å². The number of carbonyl (C=O) groups is 16. The molecule has 13 atom stereocenters. The zero-order valence-electron chi connectivity index (χ0n) is 68.6. The number of aliphatic hydroxyl groups is 1. The van der Waals surface area contributed by atoms with Crippen molar-refractivity contribution < 1.29 is 92.0 Å². The second kappa shape index (κ2) is 43.6. The smallest absolute Gasteiger partial charge is 0.304 e.